The number of nitrogens with one attached hydrogen (secondary N) is 1. The zero-order valence-corrected chi connectivity index (χ0v) is 15.7. The van der Waals surface area contributed by atoms with E-state index in [2.05, 4.69) is 15.0 Å². The fourth-order valence-electron chi connectivity index (χ4n) is 2.87. The predicted molar refractivity (Wildman–Crippen MR) is 108 cm³/mol. The number of rotatable bonds is 3. The molecule has 0 saturated carbocycles. The summed E-state index contributed by atoms with van der Waals surface area (Å²) in [6, 6.07) is 15.0. The standard InChI is InChI=1S/C18H11ClN4OS2/c19-10-5-6-12-13(7-10)22-17(21-12)25-9-11-8-16(24)23-14-3-1-2-4-15(14)26-18(23)20-11/h1-8H,9H2,(H,21,22). The summed E-state index contributed by atoms with van der Waals surface area (Å²) >= 11 is 9.04. The molecule has 0 amide bonds. The first-order valence-corrected chi connectivity index (χ1v) is 10.0. The Bertz CT molecular complexity index is 1340. The molecule has 0 aliphatic rings. The third kappa shape index (κ3) is 2.68. The summed E-state index contributed by atoms with van der Waals surface area (Å²) in [6.07, 6.45) is 0. The van der Waals surface area contributed by atoms with Gasteiger partial charge < -0.3 is 4.98 Å². The molecule has 0 saturated heterocycles. The third-order valence-electron chi connectivity index (χ3n) is 4.03. The number of halogens is 1. The monoisotopic (exact) mass is 398 g/mol. The van der Waals surface area contributed by atoms with E-state index in [0.717, 1.165) is 32.1 Å². The van der Waals surface area contributed by atoms with E-state index >= 15 is 0 Å². The molecule has 3 heterocycles. The largest absolute Gasteiger partial charge is 0.333 e. The molecule has 0 unspecified atom stereocenters. The third-order valence-corrected chi connectivity index (χ3v) is 6.19. The van der Waals surface area contributed by atoms with Crippen molar-refractivity contribution in [3.63, 3.8) is 0 Å². The Kier molecular flexibility index (Phi) is 3.74. The summed E-state index contributed by atoms with van der Waals surface area (Å²) in [7, 11) is 0. The number of thioether (sulfide) groups is 1. The smallest absolute Gasteiger partial charge is 0.259 e. The predicted octanol–water partition coefficient (Wildman–Crippen LogP) is 4.73. The Morgan fingerprint density at radius 1 is 1.15 bits per heavy atom. The molecule has 0 aliphatic carbocycles. The van der Waals surface area contributed by atoms with E-state index in [1.807, 2.05) is 42.5 Å². The number of thiazole rings is 1. The van der Waals surface area contributed by atoms with Crippen LogP contribution in [0.25, 0.3) is 26.2 Å². The van der Waals surface area contributed by atoms with E-state index in [4.69, 9.17) is 11.6 Å². The number of aromatic amines is 1. The van der Waals surface area contributed by atoms with Crippen molar-refractivity contribution in [2.45, 2.75) is 10.9 Å². The highest BCUT2D eigenvalue weighted by Gasteiger charge is 2.10. The second-order valence-electron chi connectivity index (χ2n) is 5.77. The van der Waals surface area contributed by atoms with Crippen molar-refractivity contribution < 1.29 is 0 Å². The lowest BCUT2D eigenvalue weighted by atomic mass is 10.3. The molecule has 5 aromatic rings. The fourth-order valence-corrected chi connectivity index (χ4v) is 4.87. The summed E-state index contributed by atoms with van der Waals surface area (Å²) in [6.45, 7) is 0. The molecule has 8 heteroatoms. The van der Waals surface area contributed by atoms with Gasteiger partial charge in [-0.25, -0.2) is 9.97 Å². The van der Waals surface area contributed by atoms with Crippen LogP contribution in [0.3, 0.4) is 0 Å². The topological polar surface area (TPSA) is 63.0 Å². The van der Waals surface area contributed by atoms with Crippen LogP contribution in [0.1, 0.15) is 5.69 Å². The van der Waals surface area contributed by atoms with Gasteiger partial charge in [-0.3, -0.25) is 9.20 Å². The summed E-state index contributed by atoms with van der Waals surface area (Å²) in [5, 5.41) is 1.45. The second kappa shape index (κ2) is 6.12. The Hall–Kier alpha value is -2.35. The molecule has 0 bridgehead atoms. The van der Waals surface area contributed by atoms with Crippen molar-refractivity contribution in [3.8, 4) is 0 Å². The lowest BCUT2D eigenvalue weighted by Gasteiger charge is -2.00. The van der Waals surface area contributed by atoms with E-state index in [-0.39, 0.29) is 5.56 Å². The summed E-state index contributed by atoms with van der Waals surface area (Å²) in [5.41, 5.74) is 3.35. The van der Waals surface area contributed by atoms with Crippen molar-refractivity contribution in [2.24, 2.45) is 0 Å². The fraction of sp³-hybridized carbons (Fsp3) is 0.0556. The van der Waals surface area contributed by atoms with Crippen LogP contribution in [0.5, 0.6) is 0 Å². The average molecular weight is 399 g/mol. The van der Waals surface area contributed by atoms with Gasteiger partial charge in [0.25, 0.3) is 5.56 Å². The van der Waals surface area contributed by atoms with Gasteiger partial charge in [-0.2, -0.15) is 0 Å². The van der Waals surface area contributed by atoms with Crippen molar-refractivity contribution in [1.82, 2.24) is 19.4 Å². The van der Waals surface area contributed by atoms with Crippen LogP contribution in [0.2, 0.25) is 5.02 Å². The Labute approximate surface area is 160 Å². The van der Waals surface area contributed by atoms with E-state index in [9.17, 15) is 4.79 Å². The number of nitrogens with zero attached hydrogens (tertiary/aromatic N) is 3. The summed E-state index contributed by atoms with van der Waals surface area (Å²) in [5.74, 6) is 0.563. The molecule has 1 N–H and O–H groups in total. The van der Waals surface area contributed by atoms with Crippen molar-refractivity contribution in [3.05, 3.63) is 69.6 Å². The van der Waals surface area contributed by atoms with Gasteiger partial charge in [-0.15, -0.1) is 0 Å². The minimum Gasteiger partial charge on any atom is -0.333 e. The van der Waals surface area contributed by atoms with E-state index < -0.39 is 0 Å². The van der Waals surface area contributed by atoms with Crippen molar-refractivity contribution in [2.75, 3.05) is 0 Å². The maximum atomic E-state index is 12.5. The minimum absolute atomic E-state index is 0.0561. The SMILES string of the molecule is O=c1cc(CSc2nc3ccc(Cl)cc3[nH]2)nc2sc3ccccc3n12. The van der Waals surface area contributed by atoms with Gasteiger partial charge >= 0.3 is 0 Å². The summed E-state index contributed by atoms with van der Waals surface area (Å²) in [4.78, 5) is 25.7. The first-order valence-electron chi connectivity index (χ1n) is 7.86. The van der Waals surface area contributed by atoms with Gasteiger partial charge in [0, 0.05) is 16.8 Å². The molecule has 26 heavy (non-hydrogen) atoms. The van der Waals surface area contributed by atoms with Crippen LogP contribution in [0.15, 0.2) is 58.5 Å². The molecular formula is C18H11ClN4OS2. The van der Waals surface area contributed by atoms with Gasteiger partial charge in [-0.05, 0) is 30.3 Å². The number of benzene rings is 2. The molecule has 0 fully saturated rings. The summed E-state index contributed by atoms with van der Waals surface area (Å²) < 4.78 is 2.72. The number of fused-ring (bicyclic) bond motifs is 4. The highest BCUT2D eigenvalue weighted by molar-refractivity contribution is 7.98. The van der Waals surface area contributed by atoms with Crippen molar-refractivity contribution >= 4 is 60.9 Å². The Morgan fingerprint density at radius 3 is 2.96 bits per heavy atom. The Balaban J connectivity index is 1.48. The number of para-hydroxylation sites is 1. The van der Waals surface area contributed by atoms with Crippen molar-refractivity contribution in [1.29, 1.82) is 0 Å². The van der Waals surface area contributed by atoms with E-state index in [1.165, 1.54) is 23.1 Å². The minimum atomic E-state index is -0.0561. The number of hydrogen-bond donors (Lipinski definition) is 1. The van der Waals surface area contributed by atoms with E-state index in [0.29, 0.717) is 15.7 Å². The van der Waals surface area contributed by atoms with Crippen LogP contribution in [-0.4, -0.2) is 19.4 Å². The molecule has 2 aromatic carbocycles. The van der Waals surface area contributed by atoms with Crippen LogP contribution < -0.4 is 5.56 Å². The number of H-pyrrole nitrogens is 1. The molecule has 128 valence electrons. The normalized spacial score (nSPS) is 11.7. The quantitative estimate of drug-likeness (QED) is 0.446. The van der Waals surface area contributed by atoms with Gasteiger partial charge in [-0.1, -0.05) is 46.8 Å². The zero-order chi connectivity index (χ0) is 17.7. The molecule has 0 aliphatic heterocycles. The molecule has 5 nitrogen and oxygen atoms in total. The highest BCUT2D eigenvalue weighted by atomic mass is 35.5. The van der Waals surface area contributed by atoms with Crippen LogP contribution in [0, 0.1) is 0 Å². The molecule has 0 radical (unpaired) electrons. The molecule has 0 atom stereocenters. The number of hydrogen-bond acceptors (Lipinski definition) is 5. The molecule has 3 aromatic heterocycles. The second-order valence-corrected chi connectivity index (χ2v) is 8.18. The highest BCUT2D eigenvalue weighted by Crippen LogP contribution is 2.26. The van der Waals surface area contributed by atoms with Gasteiger partial charge in [0.1, 0.15) is 0 Å². The molecule has 0 spiro atoms. The van der Waals surface area contributed by atoms with Crippen LogP contribution in [-0.2, 0) is 5.75 Å². The number of imidazole rings is 1. The zero-order valence-electron chi connectivity index (χ0n) is 13.3. The van der Waals surface area contributed by atoms with Crippen LogP contribution in [0.4, 0.5) is 0 Å². The van der Waals surface area contributed by atoms with Gasteiger partial charge in [0.05, 0.1) is 26.9 Å². The van der Waals surface area contributed by atoms with Gasteiger partial charge in [0.15, 0.2) is 10.1 Å². The molecule has 5 rings (SSSR count). The lowest BCUT2D eigenvalue weighted by molar-refractivity contribution is 1.05. The number of aromatic nitrogens is 4. The first kappa shape index (κ1) is 15.9. The van der Waals surface area contributed by atoms with Gasteiger partial charge in [0.2, 0.25) is 0 Å². The van der Waals surface area contributed by atoms with Crippen LogP contribution >= 0.6 is 34.7 Å². The molecular weight excluding hydrogens is 388 g/mol. The maximum absolute atomic E-state index is 12.5. The first-order chi connectivity index (χ1) is 12.7. The Morgan fingerprint density at radius 2 is 2.04 bits per heavy atom. The maximum Gasteiger partial charge on any atom is 0.259 e. The van der Waals surface area contributed by atoms with E-state index in [1.54, 1.807) is 10.5 Å². The lowest BCUT2D eigenvalue weighted by Crippen LogP contribution is -2.13. The average Bonchev–Trinajstić information content (AvgIpc) is 3.20.